The van der Waals surface area contributed by atoms with E-state index in [9.17, 15) is 8.76 Å². The molecular formula is C12H25Br2NO2S. The van der Waals surface area contributed by atoms with Crippen molar-refractivity contribution >= 4 is 43.1 Å². The van der Waals surface area contributed by atoms with Gasteiger partial charge in [0.25, 0.3) is 0 Å². The second-order valence-electron chi connectivity index (χ2n) is 4.45. The van der Waals surface area contributed by atoms with Gasteiger partial charge in [0, 0.05) is 0 Å². The first-order chi connectivity index (χ1) is 8.54. The van der Waals surface area contributed by atoms with Crippen molar-refractivity contribution in [2.45, 2.75) is 75.1 Å². The van der Waals surface area contributed by atoms with E-state index >= 15 is 0 Å². The summed E-state index contributed by atoms with van der Waals surface area (Å²) in [7, 11) is 0. The van der Waals surface area contributed by atoms with E-state index in [2.05, 4.69) is 45.7 Å². The SMILES string of the molecule is CCCCCC(Br)N(C(Br)CCCCC)S(=O)O. The predicted octanol–water partition coefficient (Wildman–Crippen LogP) is 5.03. The number of alkyl halides is 2. The fourth-order valence-corrected chi connectivity index (χ4v) is 4.75. The van der Waals surface area contributed by atoms with Crippen LogP contribution in [0.4, 0.5) is 0 Å². The molecule has 3 atom stereocenters. The van der Waals surface area contributed by atoms with Crippen molar-refractivity contribution in [3.05, 3.63) is 0 Å². The maximum absolute atomic E-state index is 11.4. The normalized spacial score (nSPS) is 16.8. The van der Waals surface area contributed by atoms with Gasteiger partial charge in [-0.1, -0.05) is 84.2 Å². The van der Waals surface area contributed by atoms with Crippen LogP contribution in [0.1, 0.15) is 65.2 Å². The van der Waals surface area contributed by atoms with Crippen LogP contribution < -0.4 is 0 Å². The molecule has 0 amide bonds. The summed E-state index contributed by atoms with van der Waals surface area (Å²) < 4.78 is 22.4. The van der Waals surface area contributed by atoms with E-state index in [0.717, 1.165) is 51.4 Å². The third kappa shape index (κ3) is 8.25. The molecule has 110 valence electrons. The molecular weight excluding hydrogens is 382 g/mol. The van der Waals surface area contributed by atoms with E-state index in [1.807, 2.05) is 0 Å². The molecule has 3 nitrogen and oxygen atoms in total. The summed E-state index contributed by atoms with van der Waals surface area (Å²) in [6.07, 6.45) is 8.61. The number of hydrogen-bond donors (Lipinski definition) is 1. The highest BCUT2D eigenvalue weighted by Gasteiger charge is 2.26. The summed E-state index contributed by atoms with van der Waals surface area (Å²) in [5, 5.41) is 0. The van der Waals surface area contributed by atoms with Crippen LogP contribution in [0, 0.1) is 0 Å². The quantitative estimate of drug-likeness (QED) is 0.226. The van der Waals surface area contributed by atoms with Crippen LogP contribution in [-0.4, -0.2) is 23.0 Å². The van der Waals surface area contributed by atoms with Crippen LogP contribution in [0.15, 0.2) is 0 Å². The Morgan fingerprint density at radius 1 is 1.00 bits per heavy atom. The average Bonchev–Trinajstić information content (AvgIpc) is 2.29. The zero-order valence-electron chi connectivity index (χ0n) is 11.3. The molecule has 0 rings (SSSR count). The topological polar surface area (TPSA) is 40.5 Å². The highest BCUT2D eigenvalue weighted by atomic mass is 79.9. The molecule has 0 aliphatic rings. The van der Waals surface area contributed by atoms with Crippen LogP contribution >= 0.6 is 31.9 Å². The van der Waals surface area contributed by atoms with E-state index in [1.54, 1.807) is 4.31 Å². The Hall–Kier alpha value is 1.03. The van der Waals surface area contributed by atoms with Gasteiger partial charge in [-0.3, -0.25) is 4.55 Å². The van der Waals surface area contributed by atoms with E-state index < -0.39 is 11.3 Å². The zero-order chi connectivity index (χ0) is 14.0. The summed E-state index contributed by atoms with van der Waals surface area (Å²) in [5.74, 6) is 0. The van der Waals surface area contributed by atoms with Gasteiger partial charge < -0.3 is 0 Å². The van der Waals surface area contributed by atoms with Crippen molar-refractivity contribution in [2.75, 3.05) is 0 Å². The monoisotopic (exact) mass is 405 g/mol. The fourth-order valence-electron chi connectivity index (χ4n) is 1.75. The van der Waals surface area contributed by atoms with Gasteiger partial charge in [-0.25, -0.2) is 4.21 Å². The summed E-state index contributed by atoms with van der Waals surface area (Å²) >= 11 is 5.12. The summed E-state index contributed by atoms with van der Waals surface area (Å²) in [6, 6.07) is 0. The largest absolute Gasteiger partial charge is 0.294 e. The van der Waals surface area contributed by atoms with Crippen LogP contribution in [0.2, 0.25) is 0 Å². The third-order valence-corrected chi connectivity index (χ3v) is 6.03. The second kappa shape index (κ2) is 11.8. The standard InChI is InChI=1S/C12H25Br2NO2S/c1-3-5-7-9-11(13)15(18(16)17)12(14)10-8-6-4-2/h11-12H,3-10H2,1-2H3,(H,16,17). The van der Waals surface area contributed by atoms with Crippen molar-refractivity contribution in [1.82, 2.24) is 4.31 Å². The van der Waals surface area contributed by atoms with Crippen molar-refractivity contribution in [2.24, 2.45) is 0 Å². The minimum Gasteiger partial charge on any atom is -0.294 e. The molecule has 0 fully saturated rings. The number of unbranched alkanes of at least 4 members (excludes halogenated alkanes) is 4. The van der Waals surface area contributed by atoms with E-state index in [4.69, 9.17) is 0 Å². The number of hydrogen-bond acceptors (Lipinski definition) is 1. The molecule has 3 unspecified atom stereocenters. The van der Waals surface area contributed by atoms with Gasteiger partial charge in [-0.2, -0.15) is 4.31 Å². The fraction of sp³-hybridized carbons (Fsp3) is 1.00. The van der Waals surface area contributed by atoms with Crippen LogP contribution in [-0.2, 0) is 11.3 Å². The average molecular weight is 407 g/mol. The maximum Gasteiger partial charge on any atom is 0.236 e. The lowest BCUT2D eigenvalue weighted by Crippen LogP contribution is -2.38. The van der Waals surface area contributed by atoms with Crippen molar-refractivity contribution < 1.29 is 8.76 Å². The van der Waals surface area contributed by atoms with E-state index in [-0.39, 0.29) is 9.90 Å². The van der Waals surface area contributed by atoms with E-state index in [0.29, 0.717) is 0 Å². The van der Waals surface area contributed by atoms with Gasteiger partial charge in [0.2, 0.25) is 11.3 Å². The number of nitrogens with zero attached hydrogens (tertiary/aromatic N) is 1. The Balaban J connectivity index is 4.21. The van der Waals surface area contributed by atoms with E-state index in [1.165, 1.54) is 0 Å². The summed E-state index contributed by atoms with van der Waals surface area (Å²) in [5.41, 5.74) is 0. The molecule has 0 aliphatic heterocycles. The summed E-state index contributed by atoms with van der Waals surface area (Å²) in [4.78, 5) is -0.0817. The molecule has 0 aliphatic carbocycles. The van der Waals surface area contributed by atoms with Crippen molar-refractivity contribution in [1.29, 1.82) is 0 Å². The highest BCUT2D eigenvalue weighted by molar-refractivity contribution is 9.10. The maximum atomic E-state index is 11.4. The molecule has 0 aromatic rings. The molecule has 18 heavy (non-hydrogen) atoms. The number of halogens is 2. The number of rotatable bonds is 11. The molecule has 6 heteroatoms. The lowest BCUT2D eigenvalue weighted by atomic mass is 10.2. The van der Waals surface area contributed by atoms with Gasteiger partial charge in [-0.05, 0) is 12.8 Å². The minimum atomic E-state index is -1.93. The Morgan fingerprint density at radius 2 is 1.39 bits per heavy atom. The van der Waals surface area contributed by atoms with Crippen molar-refractivity contribution in [3.8, 4) is 0 Å². The zero-order valence-corrected chi connectivity index (χ0v) is 15.3. The molecule has 0 heterocycles. The first-order valence-corrected chi connectivity index (χ1v) is 9.61. The lowest BCUT2D eigenvalue weighted by molar-refractivity contribution is 0.340. The van der Waals surface area contributed by atoms with Crippen LogP contribution in [0.25, 0.3) is 0 Å². The Labute approximate surface area is 131 Å². The molecule has 1 N–H and O–H groups in total. The predicted molar refractivity (Wildman–Crippen MR) is 86.3 cm³/mol. The Kier molecular flexibility index (Phi) is 12.5. The smallest absolute Gasteiger partial charge is 0.236 e. The molecule has 0 saturated carbocycles. The van der Waals surface area contributed by atoms with Gasteiger partial charge in [-0.15, -0.1) is 0 Å². The second-order valence-corrected chi connectivity index (χ2v) is 7.45. The lowest BCUT2D eigenvalue weighted by Gasteiger charge is -2.28. The van der Waals surface area contributed by atoms with Gasteiger partial charge in [0.1, 0.15) is 0 Å². The van der Waals surface area contributed by atoms with Gasteiger partial charge >= 0.3 is 0 Å². The van der Waals surface area contributed by atoms with Crippen LogP contribution in [0.5, 0.6) is 0 Å². The molecule has 0 aromatic carbocycles. The van der Waals surface area contributed by atoms with Gasteiger partial charge in [0.05, 0.1) is 9.90 Å². The first-order valence-electron chi connectivity index (χ1n) is 6.72. The first kappa shape index (κ1) is 19.0. The van der Waals surface area contributed by atoms with Crippen molar-refractivity contribution in [3.63, 3.8) is 0 Å². The molecule has 0 spiro atoms. The molecule has 0 radical (unpaired) electrons. The summed E-state index contributed by atoms with van der Waals surface area (Å²) in [6.45, 7) is 4.31. The third-order valence-electron chi connectivity index (χ3n) is 2.82. The van der Waals surface area contributed by atoms with Gasteiger partial charge in [0.15, 0.2) is 0 Å². The Morgan fingerprint density at radius 3 is 1.67 bits per heavy atom. The molecule has 0 saturated heterocycles. The molecule has 0 bridgehead atoms. The van der Waals surface area contributed by atoms with Crippen LogP contribution in [0.3, 0.4) is 0 Å². The Bertz CT molecular complexity index is 216. The molecule has 0 aromatic heterocycles. The highest BCUT2D eigenvalue weighted by Crippen LogP contribution is 2.25. The minimum absolute atomic E-state index is 0.0408.